The van der Waals surface area contributed by atoms with Crippen molar-refractivity contribution < 1.29 is 27.1 Å². The van der Waals surface area contributed by atoms with Crippen molar-refractivity contribution in [2.45, 2.75) is 24.7 Å². The molecular weight excluding hydrogens is 281 g/mol. The molecule has 2 nitrogen and oxygen atoms in total. The van der Waals surface area contributed by atoms with Crippen molar-refractivity contribution in [2.24, 2.45) is 5.73 Å². The van der Waals surface area contributed by atoms with E-state index in [1.807, 2.05) is 0 Å². The third-order valence-corrected chi connectivity index (χ3v) is 2.23. The lowest BCUT2D eigenvalue weighted by atomic mass is 10.0. The topological polar surface area (TPSA) is 46.2 Å². The van der Waals surface area contributed by atoms with Gasteiger partial charge in [0.05, 0.1) is 6.10 Å². The van der Waals surface area contributed by atoms with Crippen LogP contribution in [0, 0.1) is 11.6 Å². The van der Waals surface area contributed by atoms with Gasteiger partial charge in [0.1, 0.15) is 6.04 Å². The molecule has 104 valence electrons. The zero-order valence-electron chi connectivity index (χ0n) is 8.92. The second-order valence-electron chi connectivity index (χ2n) is 3.57. The molecule has 0 amide bonds. The van der Waals surface area contributed by atoms with Crippen molar-refractivity contribution >= 4 is 12.4 Å². The predicted octanol–water partition coefficient (Wildman–Crippen LogP) is 2.70. The molecule has 1 aromatic carbocycles. The van der Waals surface area contributed by atoms with E-state index in [-0.39, 0.29) is 18.0 Å². The van der Waals surface area contributed by atoms with Gasteiger partial charge in [-0.15, -0.1) is 12.4 Å². The van der Waals surface area contributed by atoms with Crippen LogP contribution in [0.3, 0.4) is 0 Å². The van der Waals surface area contributed by atoms with Crippen LogP contribution in [0.15, 0.2) is 18.2 Å². The monoisotopic (exact) mass is 291 g/mol. The van der Waals surface area contributed by atoms with Crippen molar-refractivity contribution in [1.82, 2.24) is 0 Å². The minimum absolute atomic E-state index is 0. The second-order valence-corrected chi connectivity index (χ2v) is 3.57. The van der Waals surface area contributed by atoms with Crippen molar-refractivity contribution in [2.75, 3.05) is 0 Å². The molecule has 0 spiro atoms. The smallest absolute Gasteiger partial charge is 0.388 e. The fraction of sp³-hybridized carbons (Fsp3) is 0.400. The number of aliphatic hydroxyl groups is 1. The first-order valence-electron chi connectivity index (χ1n) is 4.67. The molecule has 2 atom stereocenters. The third kappa shape index (κ3) is 4.40. The first kappa shape index (κ1) is 17.1. The van der Waals surface area contributed by atoms with E-state index in [0.717, 1.165) is 12.1 Å². The molecule has 3 N–H and O–H groups in total. The van der Waals surface area contributed by atoms with E-state index in [1.54, 1.807) is 0 Å². The highest BCUT2D eigenvalue weighted by Crippen LogP contribution is 2.27. The summed E-state index contributed by atoms with van der Waals surface area (Å²) < 4.78 is 61.6. The van der Waals surface area contributed by atoms with Gasteiger partial charge < -0.3 is 10.8 Å². The highest BCUT2D eigenvalue weighted by Gasteiger charge is 2.38. The highest BCUT2D eigenvalue weighted by molar-refractivity contribution is 5.85. The molecule has 0 fully saturated rings. The molecule has 1 aromatic rings. The Bertz CT molecular complexity index is 398. The number of nitrogens with two attached hydrogens (primary N) is 1. The van der Waals surface area contributed by atoms with Gasteiger partial charge in [0.25, 0.3) is 0 Å². The Morgan fingerprint density at radius 2 is 1.72 bits per heavy atom. The van der Waals surface area contributed by atoms with Crippen LogP contribution in [-0.2, 0) is 0 Å². The van der Waals surface area contributed by atoms with Gasteiger partial charge in [0.15, 0.2) is 11.6 Å². The predicted molar refractivity (Wildman–Crippen MR) is 57.2 cm³/mol. The summed E-state index contributed by atoms with van der Waals surface area (Å²) in [5.74, 6) is -2.37. The van der Waals surface area contributed by atoms with Crippen molar-refractivity contribution in [3.8, 4) is 0 Å². The molecule has 0 bridgehead atoms. The number of halogens is 6. The molecule has 0 aliphatic heterocycles. The van der Waals surface area contributed by atoms with Gasteiger partial charge in [0.2, 0.25) is 0 Å². The van der Waals surface area contributed by atoms with Gasteiger partial charge in [-0.2, -0.15) is 13.2 Å². The maximum atomic E-state index is 12.8. The summed E-state index contributed by atoms with van der Waals surface area (Å²) in [6.07, 6.45) is -7.05. The maximum absolute atomic E-state index is 12.8. The Kier molecular flexibility index (Phi) is 5.98. The Balaban J connectivity index is 0.00000289. The molecule has 0 aliphatic rings. The molecule has 8 heteroatoms. The third-order valence-electron chi connectivity index (χ3n) is 2.23. The Morgan fingerprint density at radius 1 is 1.17 bits per heavy atom. The van der Waals surface area contributed by atoms with Crippen LogP contribution in [0.25, 0.3) is 0 Å². The lowest BCUT2D eigenvalue weighted by molar-refractivity contribution is -0.153. The van der Waals surface area contributed by atoms with Crippen LogP contribution >= 0.6 is 12.4 Å². The SMILES string of the molecule is Cl.N[C@H](C[C@@H](O)c1ccc(F)c(F)c1)C(F)(F)F. The largest absolute Gasteiger partial charge is 0.403 e. The summed E-state index contributed by atoms with van der Waals surface area (Å²) in [5.41, 5.74) is 4.65. The summed E-state index contributed by atoms with van der Waals surface area (Å²) in [5, 5.41) is 9.40. The fourth-order valence-corrected chi connectivity index (χ4v) is 1.23. The first-order chi connectivity index (χ1) is 7.71. The quantitative estimate of drug-likeness (QED) is 0.841. The second kappa shape index (κ2) is 6.31. The summed E-state index contributed by atoms with van der Waals surface area (Å²) in [7, 11) is 0. The number of hydrogen-bond donors (Lipinski definition) is 2. The van der Waals surface area contributed by atoms with E-state index in [4.69, 9.17) is 5.73 Å². The molecule has 0 heterocycles. The first-order valence-corrected chi connectivity index (χ1v) is 4.67. The summed E-state index contributed by atoms with van der Waals surface area (Å²) in [4.78, 5) is 0. The summed E-state index contributed by atoms with van der Waals surface area (Å²) in [6.45, 7) is 0. The highest BCUT2D eigenvalue weighted by atomic mass is 35.5. The Morgan fingerprint density at radius 3 is 2.17 bits per heavy atom. The van der Waals surface area contributed by atoms with Gasteiger partial charge in [-0.1, -0.05) is 6.07 Å². The lowest BCUT2D eigenvalue weighted by Crippen LogP contribution is -2.38. The molecule has 0 aliphatic carbocycles. The van der Waals surface area contributed by atoms with Gasteiger partial charge in [-0.05, 0) is 17.7 Å². The van der Waals surface area contributed by atoms with Gasteiger partial charge >= 0.3 is 6.18 Å². The summed E-state index contributed by atoms with van der Waals surface area (Å²) >= 11 is 0. The van der Waals surface area contributed by atoms with Crippen molar-refractivity contribution in [3.05, 3.63) is 35.4 Å². The number of alkyl halides is 3. The van der Waals surface area contributed by atoms with E-state index in [9.17, 15) is 27.1 Å². The van der Waals surface area contributed by atoms with Gasteiger partial charge in [-0.3, -0.25) is 0 Å². The van der Waals surface area contributed by atoms with Crippen LogP contribution in [-0.4, -0.2) is 17.3 Å². The fourth-order valence-electron chi connectivity index (χ4n) is 1.23. The van der Waals surface area contributed by atoms with E-state index in [2.05, 4.69) is 0 Å². The van der Waals surface area contributed by atoms with Crippen LogP contribution in [0.4, 0.5) is 22.0 Å². The van der Waals surface area contributed by atoms with E-state index >= 15 is 0 Å². The van der Waals surface area contributed by atoms with E-state index in [1.165, 1.54) is 0 Å². The number of benzene rings is 1. The van der Waals surface area contributed by atoms with E-state index < -0.39 is 36.4 Å². The number of aliphatic hydroxyl groups excluding tert-OH is 1. The minimum Gasteiger partial charge on any atom is -0.388 e. The van der Waals surface area contributed by atoms with Crippen LogP contribution in [0.5, 0.6) is 0 Å². The Hall–Kier alpha value is -0.920. The summed E-state index contributed by atoms with van der Waals surface area (Å²) in [6, 6.07) is 0.160. The lowest BCUT2D eigenvalue weighted by Gasteiger charge is -2.19. The van der Waals surface area contributed by atoms with Gasteiger partial charge in [0, 0.05) is 6.42 Å². The molecule has 1 rings (SSSR count). The molecule has 18 heavy (non-hydrogen) atoms. The average Bonchev–Trinajstić information content (AvgIpc) is 2.20. The molecule has 0 saturated heterocycles. The van der Waals surface area contributed by atoms with Crippen molar-refractivity contribution in [3.63, 3.8) is 0 Å². The van der Waals surface area contributed by atoms with Crippen molar-refractivity contribution in [1.29, 1.82) is 0 Å². The van der Waals surface area contributed by atoms with E-state index in [0.29, 0.717) is 6.07 Å². The Labute approximate surface area is 106 Å². The van der Waals surface area contributed by atoms with Crippen LogP contribution < -0.4 is 5.73 Å². The number of hydrogen-bond acceptors (Lipinski definition) is 2. The molecule has 0 aromatic heterocycles. The zero-order chi connectivity index (χ0) is 13.2. The van der Waals surface area contributed by atoms with Crippen LogP contribution in [0.2, 0.25) is 0 Å². The average molecular weight is 292 g/mol. The number of rotatable bonds is 3. The van der Waals surface area contributed by atoms with Crippen LogP contribution in [0.1, 0.15) is 18.1 Å². The molecule has 0 unspecified atom stereocenters. The molecule has 0 radical (unpaired) electrons. The standard InChI is InChI=1S/C10H10F5NO.ClH/c11-6-2-1-5(3-7(6)12)8(17)4-9(16)10(13,14)15;/h1-3,8-9,17H,4,16H2;1H/t8-,9-;/m1./s1. The molecular formula is C10H11ClF5NO. The zero-order valence-corrected chi connectivity index (χ0v) is 9.73. The minimum atomic E-state index is -4.64. The van der Waals surface area contributed by atoms with Gasteiger partial charge in [-0.25, -0.2) is 8.78 Å². The molecule has 0 saturated carbocycles. The normalized spacial score (nSPS) is 14.8. The maximum Gasteiger partial charge on any atom is 0.403 e.